The van der Waals surface area contributed by atoms with Gasteiger partial charge in [0.2, 0.25) is 5.82 Å². The number of ether oxygens (including phenoxy) is 3. The van der Waals surface area contributed by atoms with Crippen LogP contribution in [0.25, 0.3) is 0 Å². The monoisotopic (exact) mass is 474 g/mol. The standard InChI is InChI=1S/C22H23ClN4O4S/c1-5-10-27-21(28)20(24-15-7-9-17(29-2)16(23)12-15)25-26-22(27)32-13-14-6-8-18(30-3)19(11-14)31-4/h5-9,11-12H,1,10,13H2,2-4H3,(H,24,25). The van der Waals surface area contributed by atoms with E-state index in [0.29, 0.717) is 45.4 Å². The van der Waals surface area contributed by atoms with Crippen molar-refractivity contribution >= 4 is 34.9 Å². The molecule has 10 heteroatoms. The first-order valence-electron chi connectivity index (χ1n) is 9.53. The molecule has 0 saturated carbocycles. The minimum atomic E-state index is -0.318. The summed E-state index contributed by atoms with van der Waals surface area (Å²) in [6.07, 6.45) is 1.64. The lowest BCUT2D eigenvalue weighted by atomic mass is 10.2. The molecule has 0 bridgehead atoms. The number of benzene rings is 2. The topological polar surface area (TPSA) is 87.5 Å². The van der Waals surface area contributed by atoms with Gasteiger partial charge in [0, 0.05) is 18.0 Å². The van der Waals surface area contributed by atoms with Gasteiger partial charge in [0.05, 0.1) is 26.4 Å². The molecule has 0 saturated heterocycles. The van der Waals surface area contributed by atoms with Gasteiger partial charge in [-0.2, -0.15) is 0 Å². The fourth-order valence-electron chi connectivity index (χ4n) is 2.88. The van der Waals surface area contributed by atoms with Crippen LogP contribution in [0.15, 0.2) is 59.0 Å². The summed E-state index contributed by atoms with van der Waals surface area (Å²) in [5.41, 5.74) is 1.27. The molecule has 1 N–H and O–H groups in total. The quantitative estimate of drug-likeness (QED) is 0.338. The van der Waals surface area contributed by atoms with Crippen LogP contribution >= 0.6 is 23.4 Å². The predicted octanol–water partition coefficient (Wildman–Crippen LogP) is 4.54. The van der Waals surface area contributed by atoms with E-state index in [1.165, 1.54) is 23.4 Å². The molecule has 3 rings (SSSR count). The smallest absolute Gasteiger partial charge is 0.297 e. The largest absolute Gasteiger partial charge is 0.495 e. The van der Waals surface area contributed by atoms with Crippen LogP contribution in [0.2, 0.25) is 5.02 Å². The Kier molecular flexibility index (Phi) is 8.02. The highest BCUT2D eigenvalue weighted by atomic mass is 35.5. The molecule has 8 nitrogen and oxygen atoms in total. The first-order valence-corrected chi connectivity index (χ1v) is 10.9. The number of nitrogens with one attached hydrogen (secondary N) is 1. The molecule has 0 amide bonds. The molecule has 1 heterocycles. The van der Waals surface area contributed by atoms with Gasteiger partial charge in [0.25, 0.3) is 5.56 Å². The van der Waals surface area contributed by atoms with E-state index >= 15 is 0 Å². The maximum atomic E-state index is 13.0. The van der Waals surface area contributed by atoms with Crippen LogP contribution < -0.4 is 25.1 Å². The lowest BCUT2D eigenvalue weighted by Crippen LogP contribution is -2.26. The average Bonchev–Trinajstić information content (AvgIpc) is 2.81. The molecule has 0 fully saturated rings. The maximum absolute atomic E-state index is 13.0. The van der Waals surface area contributed by atoms with Crippen molar-refractivity contribution in [3.8, 4) is 17.2 Å². The van der Waals surface area contributed by atoms with Gasteiger partial charge in [-0.15, -0.1) is 16.8 Å². The van der Waals surface area contributed by atoms with Gasteiger partial charge in [-0.3, -0.25) is 9.36 Å². The highest BCUT2D eigenvalue weighted by molar-refractivity contribution is 7.98. The van der Waals surface area contributed by atoms with Crippen molar-refractivity contribution in [1.82, 2.24) is 14.8 Å². The fraction of sp³-hybridized carbons (Fsp3) is 0.227. The third kappa shape index (κ3) is 5.35. The first-order chi connectivity index (χ1) is 15.5. The molecular formula is C22H23ClN4O4S. The molecule has 32 heavy (non-hydrogen) atoms. The van der Waals surface area contributed by atoms with E-state index in [0.717, 1.165) is 5.56 Å². The first kappa shape index (κ1) is 23.5. The molecule has 2 aromatic carbocycles. The lowest BCUT2D eigenvalue weighted by Gasteiger charge is -2.13. The Morgan fingerprint density at radius 2 is 1.78 bits per heavy atom. The summed E-state index contributed by atoms with van der Waals surface area (Å²) in [5, 5.41) is 12.2. The number of thioether (sulfide) groups is 1. The van der Waals surface area contributed by atoms with Crippen molar-refractivity contribution in [2.45, 2.75) is 17.5 Å². The molecule has 0 radical (unpaired) electrons. The van der Waals surface area contributed by atoms with Gasteiger partial charge in [-0.05, 0) is 35.9 Å². The lowest BCUT2D eigenvalue weighted by molar-refractivity contribution is 0.354. The second-order valence-corrected chi connectivity index (χ2v) is 7.84. The minimum absolute atomic E-state index is 0.0866. The molecule has 0 aliphatic rings. The molecule has 3 aromatic rings. The number of hydrogen-bond acceptors (Lipinski definition) is 8. The zero-order valence-corrected chi connectivity index (χ0v) is 19.5. The Hall–Kier alpha value is -3.17. The van der Waals surface area contributed by atoms with Crippen LogP contribution in [0, 0.1) is 0 Å². The summed E-state index contributed by atoms with van der Waals surface area (Å²) in [7, 11) is 4.71. The Morgan fingerprint density at radius 1 is 1.06 bits per heavy atom. The summed E-state index contributed by atoms with van der Waals surface area (Å²) in [4.78, 5) is 13.0. The number of halogens is 1. The van der Waals surface area contributed by atoms with Crippen LogP contribution in [0.3, 0.4) is 0 Å². The number of methoxy groups -OCH3 is 3. The van der Waals surface area contributed by atoms with Crippen LogP contribution in [0.1, 0.15) is 5.56 Å². The fourth-order valence-corrected chi connectivity index (χ4v) is 4.02. The van der Waals surface area contributed by atoms with Gasteiger partial charge in [-0.1, -0.05) is 35.5 Å². The molecule has 168 valence electrons. The molecule has 1 aromatic heterocycles. The number of nitrogens with zero attached hydrogens (tertiary/aromatic N) is 3. The number of rotatable bonds is 10. The summed E-state index contributed by atoms with van der Waals surface area (Å²) >= 11 is 7.55. The van der Waals surface area contributed by atoms with Crippen molar-refractivity contribution in [2.24, 2.45) is 0 Å². The van der Waals surface area contributed by atoms with Crippen molar-refractivity contribution in [3.05, 3.63) is 70.0 Å². The molecule has 0 unspecified atom stereocenters. The second-order valence-electron chi connectivity index (χ2n) is 6.49. The molecule has 0 aliphatic carbocycles. The van der Waals surface area contributed by atoms with Crippen molar-refractivity contribution < 1.29 is 14.2 Å². The summed E-state index contributed by atoms with van der Waals surface area (Å²) < 4.78 is 17.3. The van der Waals surface area contributed by atoms with Gasteiger partial charge >= 0.3 is 0 Å². The van der Waals surface area contributed by atoms with Gasteiger partial charge in [0.15, 0.2) is 16.7 Å². The summed E-state index contributed by atoms with van der Waals surface area (Å²) in [6, 6.07) is 10.8. The number of allylic oxidation sites excluding steroid dienone is 1. The third-order valence-electron chi connectivity index (χ3n) is 4.46. The Morgan fingerprint density at radius 3 is 2.44 bits per heavy atom. The zero-order valence-electron chi connectivity index (χ0n) is 17.9. The van der Waals surface area contributed by atoms with Crippen LogP contribution in [-0.2, 0) is 12.3 Å². The third-order valence-corrected chi connectivity index (χ3v) is 5.79. The van der Waals surface area contributed by atoms with Gasteiger partial charge < -0.3 is 19.5 Å². The Balaban J connectivity index is 1.83. The maximum Gasteiger partial charge on any atom is 0.297 e. The van der Waals surface area contributed by atoms with Crippen LogP contribution in [0.5, 0.6) is 17.2 Å². The van der Waals surface area contributed by atoms with E-state index in [9.17, 15) is 4.79 Å². The highest BCUT2D eigenvalue weighted by Gasteiger charge is 2.14. The van der Waals surface area contributed by atoms with E-state index in [2.05, 4.69) is 22.1 Å². The molecule has 0 spiro atoms. The van der Waals surface area contributed by atoms with E-state index < -0.39 is 0 Å². The highest BCUT2D eigenvalue weighted by Crippen LogP contribution is 2.31. The van der Waals surface area contributed by atoms with E-state index in [1.807, 2.05) is 18.2 Å². The summed E-state index contributed by atoms with van der Waals surface area (Å²) in [5.74, 6) is 2.47. The van der Waals surface area contributed by atoms with Crippen LogP contribution in [-0.4, -0.2) is 36.1 Å². The van der Waals surface area contributed by atoms with E-state index in [4.69, 9.17) is 25.8 Å². The van der Waals surface area contributed by atoms with Crippen molar-refractivity contribution in [2.75, 3.05) is 26.6 Å². The van der Waals surface area contributed by atoms with Crippen LogP contribution in [0.4, 0.5) is 11.5 Å². The number of anilines is 2. The van der Waals surface area contributed by atoms with Gasteiger partial charge in [0.1, 0.15) is 5.75 Å². The van der Waals surface area contributed by atoms with Crippen molar-refractivity contribution in [1.29, 1.82) is 0 Å². The normalized spacial score (nSPS) is 10.5. The van der Waals surface area contributed by atoms with E-state index in [1.54, 1.807) is 38.5 Å². The van der Waals surface area contributed by atoms with E-state index in [-0.39, 0.29) is 11.4 Å². The minimum Gasteiger partial charge on any atom is -0.495 e. The second kappa shape index (κ2) is 10.9. The van der Waals surface area contributed by atoms with Gasteiger partial charge in [-0.25, -0.2) is 0 Å². The Bertz CT molecular complexity index is 1170. The number of hydrogen-bond donors (Lipinski definition) is 1. The zero-order chi connectivity index (χ0) is 23.1. The average molecular weight is 475 g/mol. The number of aromatic nitrogens is 3. The van der Waals surface area contributed by atoms with Crippen molar-refractivity contribution in [3.63, 3.8) is 0 Å². The SMILES string of the molecule is C=CCn1c(SCc2ccc(OC)c(OC)c2)nnc(Nc2ccc(OC)c(Cl)c2)c1=O. The predicted molar refractivity (Wildman–Crippen MR) is 127 cm³/mol. The molecular weight excluding hydrogens is 452 g/mol. The molecule has 0 atom stereocenters. The summed E-state index contributed by atoms with van der Waals surface area (Å²) in [6.45, 7) is 4.04. The Labute approximate surface area is 195 Å². The molecule has 0 aliphatic heterocycles.